The van der Waals surface area contributed by atoms with Crippen LogP contribution in [0.15, 0.2) is 18.2 Å². The fourth-order valence-corrected chi connectivity index (χ4v) is 2.95. The van der Waals surface area contributed by atoms with E-state index in [0.29, 0.717) is 11.1 Å². The minimum absolute atomic E-state index is 0.370. The summed E-state index contributed by atoms with van der Waals surface area (Å²) < 4.78 is 0. The van der Waals surface area contributed by atoms with E-state index in [2.05, 4.69) is 18.3 Å². The number of hydrogen-bond donors (Lipinski definition) is 1. The van der Waals surface area contributed by atoms with E-state index in [0.717, 1.165) is 17.5 Å². The van der Waals surface area contributed by atoms with E-state index in [1.54, 1.807) is 0 Å². The normalized spacial score (nSPS) is 17.8. The number of nitrogens with one attached hydrogen (secondary N) is 1. The molecule has 3 heteroatoms. The molecule has 94 valence electrons. The predicted molar refractivity (Wildman–Crippen MR) is 74.8 cm³/mol. The van der Waals surface area contributed by atoms with Gasteiger partial charge in [-0.05, 0) is 36.6 Å². The molecule has 1 nitrogen and oxygen atoms in total. The molecule has 1 N–H and O–H groups in total. The van der Waals surface area contributed by atoms with Crippen molar-refractivity contribution in [2.75, 3.05) is 6.54 Å². The second-order valence-corrected chi connectivity index (χ2v) is 5.65. The largest absolute Gasteiger partial charge is 0.310 e. The van der Waals surface area contributed by atoms with Crippen molar-refractivity contribution in [1.29, 1.82) is 0 Å². The van der Waals surface area contributed by atoms with Crippen LogP contribution in [-0.4, -0.2) is 6.54 Å². The molecule has 1 aromatic rings. The van der Waals surface area contributed by atoms with Crippen molar-refractivity contribution in [3.05, 3.63) is 33.8 Å². The van der Waals surface area contributed by atoms with Crippen LogP contribution >= 0.6 is 23.2 Å². The molecule has 1 aliphatic carbocycles. The van der Waals surface area contributed by atoms with Crippen molar-refractivity contribution in [3.63, 3.8) is 0 Å². The van der Waals surface area contributed by atoms with Crippen molar-refractivity contribution in [1.82, 2.24) is 5.32 Å². The molecule has 0 amide bonds. The highest BCUT2D eigenvalue weighted by Crippen LogP contribution is 2.37. The zero-order valence-corrected chi connectivity index (χ0v) is 11.7. The van der Waals surface area contributed by atoms with Crippen LogP contribution < -0.4 is 5.32 Å². The summed E-state index contributed by atoms with van der Waals surface area (Å²) >= 11 is 12.2. The molecular formula is C14H19Cl2N. The standard InChI is InChI=1S/C14H19Cl2N/c1-2-17-14(8-10-4-3-5-10)12-7-6-11(15)9-13(12)16/h6-7,9-10,14,17H,2-5,8H2,1H3. The molecule has 0 heterocycles. The van der Waals surface area contributed by atoms with Crippen LogP contribution in [0.3, 0.4) is 0 Å². The second kappa shape index (κ2) is 6.08. The third-order valence-corrected chi connectivity index (χ3v) is 4.14. The molecule has 0 bridgehead atoms. The van der Waals surface area contributed by atoms with E-state index in [1.807, 2.05) is 12.1 Å². The van der Waals surface area contributed by atoms with Crippen LogP contribution in [0.1, 0.15) is 44.2 Å². The molecule has 1 saturated carbocycles. The van der Waals surface area contributed by atoms with Gasteiger partial charge < -0.3 is 5.32 Å². The Kier molecular flexibility index (Phi) is 4.72. The van der Waals surface area contributed by atoms with E-state index in [9.17, 15) is 0 Å². The number of halogens is 2. The summed E-state index contributed by atoms with van der Waals surface area (Å²) in [5.74, 6) is 0.866. The summed E-state index contributed by atoms with van der Waals surface area (Å²) in [5.41, 5.74) is 1.19. The fraction of sp³-hybridized carbons (Fsp3) is 0.571. The molecular weight excluding hydrogens is 253 g/mol. The summed E-state index contributed by atoms with van der Waals surface area (Å²) in [5, 5.41) is 5.02. The summed E-state index contributed by atoms with van der Waals surface area (Å²) in [4.78, 5) is 0. The second-order valence-electron chi connectivity index (χ2n) is 4.81. The Bertz CT molecular complexity index is 374. The van der Waals surface area contributed by atoms with E-state index >= 15 is 0 Å². The molecule has 1 atom stereocenters. The zero-order chi connectivity index (χ0) is 12.3. The van der Waals surface area contributed by atoms with Gasteiger partial charge in [0.1, 0.15) is 0 Å². The van der Waals surface area contributed by atoms with Crippen LogP contribution in [0.4, 0.5) is 0 Å². The topological polar surface area (TPSA) is 12.0 Å². The van der Waals surface area contributed by atoms with E-state index in [1.165, 1.54) is 31.2 Å². The van der Waals surface area contributed by atoms with Crippen LogP contribution in [0, 0.1) is 5.92 Å². The molecule has 0 aromatic heterocycles. The summed E-state index contributed by atoms with van der Waals surface area (Å²) in [6, 6.07) is 6.18. The monoisotopic (exact) mass is 271 g/mol. The summed E-state index contributed by atoms with van der Waals surface area (Å²) in [6.45, 7) is 3.11. The van der Waals surface area contributed by atoms with Crippen LogP contribution in [0.5, 0.6) is 0 Å². The Morgan fingerprint density at radius 2 is 2.12 bits per heavy atom. The molecule has 2 rings (SSSR count). The highest BCUT2D eigenvalue weighted by molar-refractivity contribution is 6.35. The predicted octanol–water partition coefficient (Wildman–Crippen LogP) is 4.83. The molecule has 17 heavy (non-hydrogen) atoms. The van der Waals surface area contributed by atoms with Crippen molar-refractivity contribution >= 4 is 23.2 Å². The molecule has 1 fully saturated rings. The molecule has 0 aliphatic heterocycles. The molecule has 0 spiro atoms. The first-order valence-corrected chi connectivity index (χ1v) is 7.14. The molecule has 0 saturated heterocycles. The van der Waals surface area contributed by atoms with Crippen LogP contribution in [0.2, 0.25) is 10.0 Å². The quantitative estimate of drug-likeness (QED) is 0.809. The van der Waals surface area contributed by atoms with Gasteiger partial charge in [-0.1, -0.05) is 55.5 Å². The minimum Gasteiger partial charge on any atom is -0.310 e. The van der Waals surface area contributed by atoms with Gasteiger partial charge in [0.15, 0.2) is 0 Å². The van der Waals surface area contributed by atoms with Gasteiger partial charge in [-0.15, -0.1) is 0 Å². The maximum Gasteiger partial charge on any atom is 0.0468 e. The van der Waals surface area contributed by atoms with Crippen LogP contribution in [-0.2, 0) is 0 Å². The first kappa shape index (κ1) is 13.2. The van der Waals surface area contributed by atoms with Gasteiger partial charge >= 0.3 is 0 Å². The van der Waals surface area contributed by atoms with Crippen molar-refractivity contribution < 1.29 is 0 Å². The smallest absolute Gasteiger partial charge is 0.0468 e. The maximum atomic E-state index is 6.28. The van der Waals surface area contributed by atoms with Gasteiger partial charge in [-0.3, -0.25) is 0 Å². The lowest BCUT2D eigenvalue weighted by Gasteiger charge is -2.30. The average molecular weight is 272 g/mol. The Labute approximate surface area is 114 Å². The average Bonchev–Trinajstić information content (AvgIpc) is 2.22. The lowest BCUT2D eigenvalue weighted by molar-refractivity contribution is 0.262. The van der Waals surface area contributed by atoms with Gasteiger partial charge in [0.2, 0.25) is 0 Å². The maximum absolute atomic E-state index is 6.28. The van der Waals surface area contributed by atoms with Gasteiger partial charge in [0.25, 0.3) is 0 Å². The van der Waals surface area contributed by atoms with Gasteiger partial charge in [0, 0.05) is 16.1 Å². The number of benzene rings is 1. The number of rotatable bonds is 5. The first-order chi connectivity index (χ1) is 8.20. The SMILES string of the molecule is CCNC(CC1CCC1)c1ccc(Cl)cc1Cl. The van der Waals surface area contributed by atoms with E-state index < -0.39 is 0 Å². The highest BCUT2D eigenvalue weighted by Gasteiger charge is 2.23. The summed E-state index contributed by atoms with van der Waals surface area (Å²) in [7, 11) is 0. The van der Waals surface area contributed by atoms with Gasteiger partial charge in [0.05, 0.1) is 0 Å². The lowest BCUT2D eigenvalue weighted by atomic mass is 9.79. The highest BCUT2D eigenvalue weighted by atomic mass is 35.5. The first-order valence-electron chi connectivity index (χ1n) is 6.39. The Hall–Kier alpha value is -0.240. The van der Waals surface area contributed by atoms with Crippen molar-refractivity contribution in [2.45, 2.75) is 38.6 Å². The lowest BCUT2D eigenvalue weighted by Crippen LogP contribution is -2.26. The van der Waals surface area contributed by atoms with Gasteiger partial charge in [-0.2, -0.15) is 0 Å². The van der Waals surface area contributed by atoms with Crippen molar-refractivity contribution in [2.24, 2.45) is 5.92 Å². The van der Waals surface area contributed by atoms with Crippen LogP contribution in [0.25, 0.3) is 0 Å². The summed E-state index contributed by atoms with van der Waals surface area (Å²) in [6.07, 6.45) is 5.31. The van der Waals surface area contributed by atoms with Gasteiger partial charge in [-0.25, -0.2) is 0 Å². The Morgan fingerprint density at radius 1 is 1.35 bits per heavy atom. The fourth-order valence-electron chi connectivity index (χ4n) is 2.41. The zero-order valence-electron chi connectivity index (χ0n) is 10.2. The minimum atomic E-state index is 0.370. The number of hydrogen-bond acceptors (Lipinski definition) is 1. The Balaban J connectivity index is 2.12. The molecule has 1 unspecified atom stereocenters. The third kappa shape index (κ3) is 3.37. The molecule has 1 aliphatic rings. The van der Waals surface area contributed by atoms with E-state index in [-0.39, 0.29) is 0 Å². The molecule has 1 aromatic carbocycles. The Morgan fingerprint density at radius 3 is 2.65 bits per heavy atom. The molecule has 0 radical (unpaired) electrons. The van der Waals surface area contributed by atoms with Crippen molar-refractivity contribution in [3.8, 4) is 0 Å². The third-order valence-electron chi connectivity index (χ3n) is 3.58. The van der Waals surface area contributed by atoms with E-state index in [4.69, 9.17) is 23.2 Å².